The highest BCUT2D eigenvalue weighted by Crippen LogP contribution is 2.75. The first kappa shape index (κ1) is 30.4. The van der Waals surface area contributed by atoms with Gasteiger partial charge in [-0.25, -0.2) is 9.18 Å². The number of hydrogen-bond acceptors (Lipinski definition) is 5. The van der Waals surface area contributed by atoms with Crippen molar-refractivity contribution in [3.05, 3.63) is 65.0 Å². The lowest BCUT2D eigenvalue weighted by molar-refractivity contribution is -0.137. The number of carbonyl (C=O) groups is 2. The predicted octanol–water partition coefficient (Wildman–Crippen LogP) is 6.57. The first-order valence-corrected chi connectivity index (χ1v) is 14.2. The number of rotatable bonds is 7. The van der Waals surface area contributed by atoms with Crippen LogP contribution in [-0.2, 0) is 12.7 Å². The van der Waals surface area contributed by atoms with Crippen LogP contribution in [0.15, 0.2) is 42.5 Å². The Morgan fingerprint density at radius 1 is 1.05 bits per heavy atom. The molecule has 2 saturated carbocycles. The minimum atomic E-state index is -4.77. The van der Waals surface area contributed by atoms with Gasteiger partial charge in [-0.1, -0.05) is 44.9 Å². The SMILES string of the molecule is CC1C(C)(C)C12CCC(C)(CN(C(=O)NCc1ccc(C(=O)Nc3nn[nH]n3)cc1)c1cc(F)cc(C(F)(F)F)c1)CC2. The van der Waals surface area contributed by atoms with Crippen LogP contribution in [0, 0.1) is 28.0 Å². The molecule has 43 heavy (non-hydrogen) atoms. The van der Waals surface area contributed by atoms with Gasteiger partial charge in [-0.15, -0.1) is 5.10 Å². The van der Waals surface area contributed by atoms with Crippen molar-refractivity contribution in [2.24, 2.45) is 22.2 Å². The minimum Gasteiger partial charge on any atom is -0.334 e. The van der Waals surface area contributed by atoms with E-state index in [0.717, 1.165) is 37.8 Å². The van der Waals surface area contributed by atoms with Crippen LogP contribution in [-0.4, -0.2) is 39.1 Å². The molecule has 2 aliphatic carbocycles. The third-order valence-electron chi connectivity index (χ3n) is 10.00. The number of H-pyrrole nitrogens is 1. The number of tetrazole rings is 1. The summed E-state index contributed by atoms with van der Waals surface area (Å²) in [5.41, 5.74) is -0.224. The van der Waals surface area contributed by atoms with E-state index in [1.165, 1.54) is 4.90 Å². The van der Waals surface area contributed by atoms with Gasteiger partial charge in [-0.2, -0.15) is 18.4 Å². The van der Waals surface area contributed by atoms with Crippen molar-refractivity contribution in [2.45, 2.75) is 66.1 Å². The molecule has 3 amide bonds. The zero-order valence-electron chi connectivity index (χ0n) is 24.5. The minimum absolute atomic E-state index is 0.0182. The second kappa shape index (κ2) is 10.9. The van der Waals surface area contributed by atoms with Crippen LogP contribution in [0.4, 0.5) is 34.0 Å². The lowest BCUT2D eigenvalue weighted by Crippen LogP contribution is -2.47. The van der Waals surface area contributed by atoms with Crippen molar-refractivity contribution in [2.75, 3.05) is 16.8 Å². The largest absolute Gasteiger partial charge is 0.416 e. The van der Waals surface area contributed by atoms with Crippen LogP contribution < -0.4 is 15.5 Å². The summed E-state index contributed by atoms with van der Waals surface area (Å²) in [6, 6.07) is 7.95. The van der Waals surface area contributed by atoms with E-state index in [9.17, 15) is 27.2 Å². The average molecular weight is 602 g/mol. The molecule has 0 aliphatic heterocycles. The molecule has 1 spiro atoms. The van der Waals surface area contributed by atoms with Crippen molar-refractivity contribution < 1.29 is 27.2 Å². The summed E-state index contributed by atoms with van der Waals surface area (Å²) in [4.78, 5) is 27.2. The molecule has 5 rings (SSSR count). The number of anilines is 2. The number of aromatic nitrogens is 4. The summed E-state index contributed by atoms with van der Waals surface area (Å²) in [6.45, 7) is 9.04. The Morgan fingerprint density at radius 3 is 2.26 bits per heavy atom. The molecular formula is C30H35F4N7O2. The summed E-state index contributed by atoms with van der Waals surface area (Å²) < 4.78 is 55.2. The lowest BCUT2D eigenvalue weighted by atomic mass is 9.67. The number of benzene rings is 2. The maximum atomic E-state index is 14.5. The van der Waals surface area contributed by atoms with Gasteiger partial charge in [0.05, 0.1) is 5.56 Å². The van der Waals surface area contributed by atoms with E-state index in [4.69, 9.17) is 0 Å². The van der Waals surface area contributed by atoms with E-state index in [1.54, 1.807) is 24.3 Å². The quantitative estimate of drug-likeness (QED) is 0.265. The van der Waals surface area contributed by atoms with Gasteiger partial charge >= 0.3 is 12.2 Å². The number of nitrogens with one attached hydrogen (secondary N) is 3. The van der Waals surface area contributed by atoms with E-state index in [0.29, 0.717) is 23.1 Å². The zero-order valence-corrected chi connectivity index (χ0v) is 24.5. The molecule has 230 valence electrons. The molecule has 13 heteroatoms. The van der Waals surface area contributed by atoms with Crippen molar-refractivity contribution in [1.82, 2.24) is 25.9 Å². The zero-order chi connectivity index (χ0) is 31.2. The Balaban J connectivity index is 1.32. The number of urea groups is 1. The number of alkyl halides is 3. The lowest BCUT2D eigenvalue weighted by Gasteiger charge is -2.42. The number of nitrogens with zero attached hydrogens (tertiary/aromatic N) is 4. The molecule has 1 heterocycles. The van der Waals surface area contributed by atoms with Crippen LogP contribution in [0.25, 0.3) is 0 Å². The number of hydrogen-bond donors (Lipinski definition) is 3. The smallest absolute Gasteiger partial charge is 0.334 e. The van der Waals surface area contributed by atoms with E-state index in [-0.39, 0.29) is 41.0 Å². The molecule has 3 aromatic rings. The highest BCUT2D eigenvalue weighted by molar-refractivity contribution is 6.03. The molecule has 1 aromatic heterocycles. The Kier molecular flexibility index (Phi) is 7.72. The van der Waals surface area contributed by atoms with Gasteiger partial charge in [0.1, 0.15) is 5.82 Å². The molecule has 0 radical (unpaired) electrons. The summed E-state index contributed by atoms with van der Waals surface area (Å²) in [5.74, 6) is -0.928. The van der Waals surface area contributed by atoms with E-state index in [2.05, 4.69) is 52.0 Å². The Hall–Kier alpha value is -4.03. The fourth-order valence-corrected chi connectivity index (χ4v) is 6.76. The fourth-order valence-electron chi connectivity index (χ4n) is 6.76. The van der Waals surface area contributed by atoms with Crippen molar-refractivity contribution in [1.29, 1.82) is 0 Å². The van der Waals surface area contributed by atoms with Gasteiger partial charge in [0.15, 0.2) is 0 Å². The van der Waals surface area contributed by atoms with Gasteiger partial charge in [0, 0.05) is 24.3 Å². The average Bonchev–Trinajstić information content (AvgIpc) is 3.27. The van der Waals surface area contributed by atoms with Gasteiger partial charge in [-0.3, -0.25) is 15.0 Å². The van der Waals surface area contributed by atoms with Crippen LogP contribution in [0.1, 0.15) is 74.9 Å². The summed E-state index contributed by atoms with van der Waals surface area (Å²) >= 11 is 0. The van der Waals surface area contributed by atoms with E-state index in [1.807, 2.05) is 6.92 Å². The van der Waals surface area contributed by atoms with Crippen molar-refractivity contribution >= 4 is 23.6 Å². The molecule has 1 unspecified atom stereocenters. The number of aromatic amines is 1. The monoisotopic (exact) mass is 601 g/mol. The van der Waals surface area contributed by atoms with Crippen LogP contribution in [0.2, 0.25) is 0 Å². The van der Waals surface area contributed by atoms with Crippen molar-refractivity contribution in [3.8, 4) is 0 Å². The van der Waals surface area contributed by atoms with Gasteiger partial charge < -0.3 is 5.32 Å². The molecule has 2 fully saturated rings. The maximum Gasteiger partial charge on any atom is 0.416 e. The fraction of sp³-hybridized carbons (Fsp3) is 0.500. The van der Waals surface area contributed by atoms with E-state index >= 15 is 0 Å². The van der Waals surface area contributed by atoms with Crippen LogP contribution in [0.3, 0.4) is 0 Å². The predicted molar refractivity (Wildman–Crippen MR) is 152 cm³/mol. The number of carbonyl (C=O) groups excluding carboxylic acids is 2. The number of halogens is 4. The molecule has 0 saturated heterocycles. The second-order valence-corrected chi connectivity index (χ2v) is 12.7. The molecule has 2 aliphatic rings. The first-order valence-electron chi connectivity index (χ1n) is 14.2. The topological polar surface area (TPSA) is 116 Å². The normalized spacial score (nSPS) is 24.4. The summed E-state index contributed by atoms with van der Waals surface area (Å²) in [5, 5.41) is 18.2. The first-order chi connectivity index (χ1) is 20.1. The highest BCUT2D eigenvalue weighted by Gasteiger charge is 2.68. The second-order valence-electron chi connectivity index (χ2n) is 12.7. The number of amides is 3. The van der Waals surface area contributed by atoms with Gasteiger partial charge in [-0.05, 0) is 89.0 Å². The molecule has 3 N–H and O–H groups in total. The van der Waals surface area contributed by atoms with Crippen molar-refractivity contribution in [3.63, 3.8) is 0 Å². The molecule has 0 bridgehead atoms. The Labute approximate surface area is 246 Å². The van der Waals surface area contributed by atoms with Gasteiger partial charge in [0.25, 0.3) is 11.9 Å². The van der Waals surface area contributed by atoms with Crippen LogP contribution >= 0.6 is 0 Å². The molecule has 2 aromatic carbocycles. The highest BCUT2D eigenvalue weighted by atomic mass is 19.4. The van der Waals surface area contributed by atoms with E-state index < -0.39 is 29.5 Å². The Morgan fingerprint density at radius 2 is 1.70 bits per heavy atom. The summed E-state index contributed by atoms with van der Waals surface area (Å²) in [6.07, 6.45) is -1.22. The standard InChI is InChI=1S/C30H35F4N7O2/c1-18-27(2,3)29(18)11-9-28(4,10-12-29)17-41(23-14-21(30(32,33)34)13-22(31)15-23)26(43)35-16-19-5-7-20(8-6-19)24(42)36-25-37-39-40-38-25/h5-8,13-15,18H,9-12,16-17H2,1-4H3,(H,35,43)(H2,36,37,38,39,40,42). The molecular weight excluding hydrogens is 566 g/mol. The Bertz CT molecular complexity index is 1480. The molecule has 1 atom stereocenters. The third kappa shape index (κ3) is 6.07. The third-order valence-corrected chi connectivity index (χ3v) is 10.00. The summed E-state index contributed by atoms with van der Waals surface area (Å²) in [7, 11) is 0. The van der Waals surface area contributed by atoms with Crippen LogP contribution in [0.5, 0.6) is 0 Å². The van der Waals surface area contributed by atoms with Gasteiger partial charge in [0.2, 0.25) is 0 Å². The molecule has 9 nitrogen and oxygen atoms in total. The maximum absolute atomic E-state index is 14.5.